The number of pyridine rings is 1. The van der Waals surface area contributed by atoms with Crippen molar-refractivity contribution in [1.29, 1.82) is 0 Å². The van der Waals surface area contributed by atoms with Crippen LogP contribution in [0.4, 0.5) is 5.82 Å². The molecule has 1 amide bonds. The number of aryl methyl sites for hydroxylation is 1. The smallest absolute Gasteiger partial charge is 0.251 e. The molecule has 0 saturated carbocycles. The van der Waals surface area contributed by atoms with Crippen molar-refractivity contribution < 1.29 is 4.79 Å². The normalized spacial score (nSPS) is 11.2. The van der Waals surface area contributed by atoms with Gasteiger partial charge in [0, 0.05) is 32.3 Å². The van der Waals surface area contributed by atoms with Crippen LogP contribution in [0.15, 0.2) is 30.6 Å². The lowest BCUT2D eigenvalue weighted by molar-refractivity contribution is 0.0963. The Morgan fingerprint density at radius 2 is 1.88 bits per heavy atom. The van der Waals surface area contributed by atoms with Gasteiger partial charge in [0.1, 0.15) is 26.4 Å². The Balaban J connectivity index is 1.88. The molecule has 0 spiro atoms. The van der Waals surface area contributed by atoms with Crippen LogP contribution in [-0.2, 0) is 7.05 Å². The summed E-state index contributed by atoms with van der Waals surface area (Å²) >= 11 is 1.52. The van der Waals surface area contributed by atoms with Gasteiger partial charge in [0.05, 0.1) is 6.33 Å². The number of thiazole rings is 1. The minimum Gasteiger partial charge on any atom is -0.371 e. The van der Waals surface area contributed by atoms with Gasteiger partial charge in [0.15, 0.2) is 5.82 Å². The Morgan fingerprint density at radius 3 is 2.56 bits per heavy atom. The zero-order chi connectivity index (χ0) is 17.6. The molecule has 8 heteroatoms. The molecule has 0 unspecified atom stereocenters. The van der Waals surface area contributed by atoms with Crippen molar-refractivity contribution in [2.24, 2.45) is 7.05 Å². The molecule has 7 nitrogen and oxygen atoms in total. The van der Waals surface area contributed by atoms with E-state index >= 15 is 0 Å². The zero-order valence-electron chi connectivity index (χ0n) is 14.0. The second-order valence-electron chi connectivity index (χ2n) is 5.59. The van der Waals surface area contributed by atoms with Gasteiger partial charge in [-0.1, -0.05) is 23.5 Å². The molecule has 25 heavy (non-hydrogen) atoms. The molecule has 126 valence electrons. The van der Waals surface area contributed by atoms with Crippen LogP contribution in [0.3, 0.4) is 0 Å². The van der Waals surface area contributed by atoms with Gasteiger partial charge in [0.25, 0.3) is 5.91 Å². The van der Waals surface area contributed by atoms with E-state index in [1.165, 1.54) is 11.3 Å². The molecule has 0 atom stereocenters. The molecule has 4 rings (SSSR count). The predicted molar refractivity (Wildman–Crippen MR) is 100 cm³/mol. The number of carbonyl (C=O) groups is 1. The third kappa shape index (κ3) is 2.42. The quantitative estimate of drug-likeness (QED) is 0.592. The van der Waals surface area contributed by atoms with E-state index in [0.717, 1.165) is 37.8 Å². The van der Waals surface area contributed by atoms with Crippen molar-refractivity contribution >= 4 is 44.4 Å². The number of benzene rings is 1. The summed E-state index contributed by atoms with van der Waals surface area (Å²) in [6.07, 6.45) is 1.77. The monoisotopic (exact) mass is 352 g/mol. The third-order valence-corrected chi connectivity index (χ3v) is 5.06. The molecule has 0 bridgehead atoms. The van der Waals surface area contributed by atoms with E-state index < -0.39 is 0 Å². The molecule has 3 heterocycles. The second-order valence-corrected chi connectivity index (χ2v) is 6.57. The number of aromatic nitrogens is 4. The predicted octanol–water partition coefficient (Wildman–Crippen LogP) is 2.65. The van der Waals surface area contributed by atoms with Gasteiger partial charge in [0.2, 0.25) is 0 Å². The maximum atomic E-state index is 11.7. The number of hydrogen-bond donors (Lipinski definition) is 2. The molecule has 0 aliphatic carbocycles. The van der Waals surface area contributed by atoms with Crippen molar-refractivity contribution in [3.8, 4) is 10.6 Å². The highest BCUT2D eigenvalue weighted by atomic mass is 32.1. The van der Waals surface area contributed by atoms with Crippen molar-refractivity contribution in [2.45, 2.75) is 0 Å². The van der Waals surface area contributed by atoms with E-state index in [9.17, 15) is 4.79 Å². The SMILES string of the molecule is CNC(=O)c1ccc(-c2nc3c(nc(NC)c4ncn(C)c43)s2)cc1. The average molecular weight is 352 g/mol. The Hall–Kier alpha value is -3.00. The van der Waals surface area contributed by atoms with Crippen LogP contribution in [0.2, 0.25) is 0 Å². The summed E-state index contributed by atoms with van der Waals surface area (Å²) in [7, 11) is 5.40. The van der Waals surface area contributed by atoms with Gasteiger partial charge in [-0.25, -0.2) is 15.0 Å². The lowest BCUT2D eigenvalue weighted by atomic mass is 10.1. The van der Waals surface area contributed by atoms with E-state index in [0.29, 0.717) is 5.56 Å². The van der Waals surface area contributed by atoms with Gasteiger partial charge in [-0.15, -0.1) is 0 Å². The molecule has 0 fully saturated rings. The van der Waals surface area contributed by atoms with E-state index in [1.54, 1.807) is 25.5 Å². The summed E-state index contributed by atoms with van der Waals surface area (Å²) in [5.41, 5.74) is 4.18. The van der Waals surface area contributed by atoms with Crippen LogP contribution in [0.1, 0.15) is 10.4 Å². The van der Waals surface area contributed by atoms with E-state index in [1.807, 2.05) is 30.8 Å². The number of amides is 1. The van der Waals surface area contributed by atoms with E-state index in [-0.39, 0.29) is 5.91 Å². The molecule has 0 aliphatic rings. The summed E-state index contributed by atoms with van der Waals surface area (Å²) in [6.45, 7) is 0. The number of fused-ring (bicyclic) bond motifs is 3. The first-order valence-corrected chi connectivity index (χ1v) is 8.56. The Kier molecular flexibility index (Phi) is 3.61. The van der Waals surface area contributed by atoms with Gasteiger partial charge in [-0.3, -0.25) is 4.79 Å². The fourth-order valence-corrected chi connectivity index (χ4v) is 3.74. The lowest BCUT2D eigenvalue weighted by Gasteiger charge is -2.01. The number of hydrogen-bond acceptors (Lipinski definition) is 6. The maximum absolute atomic E-state index is 11.7. The zero-order valence-corrected chi connectivity index (χ0v) is 14.8. The molecular weight excluding hydrogens is 336 g/mol. The van der Waals surface area contributed by atoms with Crippen LogP contribution in [0, 0.1) is 0 Å². The van der Waals surface area contributed by atoms with Gasteiger partial charge in [-0.05, 0) is 12.1 Å². The number of nitrogens with zero attached hydrogens (tertiary/aromatic N) is 4. The van der Waals surface area contributed by atoms with Gasteiger partial charge < -0.3 is 15.2 Å². The Bertz CT molecular complexity index is 1100. The first kappa shape index (κ1) is 15.5. The largest absolute Gasteiger partial charge is 0.371 e. The number of carbonyl (C=O) groups excluding carboxylic acids is 1. The Labute approximate surface area is 147 Å². The topological polar surface area (TPSA) is 84.7 Å². The summed E-state index contributed by atoms with van der Waals surface area (Å²) in [4.78, 5) is 26.4. The number of anilines is 1. The first-order valence-electron chi connectivity index (χ1n) is 7.74. The van der Waals surface area contributed by atoms with Crippen molar-refractivity contribution in [1.82, 2.24) is 24.8 Å². The summed E-state index contributed by atoms with van der Waals surface area (Å²) < 4.78 is 1.96. The minimum atomic E-state index is -0.104. The van der Waals surface area contributed by atoms with Crippen LogP contribution in [-0.4, -0.2) is 39.5 Å². The highest BCUT2D eigenvalue weighted by Crippen LogP contribution is 2.35. The first-order chi connectivity index (χ1) is 12.1. The van der Waals surface area contributed by atoms with Crippen molar-refractivity contribution in [2.75, 3.05) is 19.4 Å². The van der Waals surface area contributed by atoms with Crippen LogP contribution in [0.5, 0.6) is 0 Å². The minimum absolute atomic E-state index is 0.104. The molecular formula is C17H16N6OS. The fraction of sp³-hybridized carbons (Fsp3) is 0.176. The molecule has 4 aromatic rings. The summed E-state index contributed by atoms with van der Waals surface area (Å²) in [5.74, 6) is 0.640. The molecule has 0 radical (unpaired) electrons. The molecule has 1 aromatic carbocycles. The van der Waals surface area contributed by atoms with Gasteiger partial charge in [-0.2, -0.15) is 0 Å². The lowest BCUT2D eigenvalue weighted by Crippen LogP contribution is -2.17. The van der Waals surface area contributed by atoms with Crippen LogP contribution < -0.4 is 10.6 Å². The molecule has 2 N–H and O–H groups in total. The number of rotatable bonds is 3. The van der Waals surface area contributed by atoms with Crippen LogP contribution >= 0.6 is 11.3 Å². The highest BCUT2D eigenvalue weighted by Gasteiger charge is 2.17. The van der Waals surface area contributed by atoms with Crippen molar-refractivity contribution in [3.63, 3.8) is 0 Å². The fourth-order valence-electron chi connectivity index (χ4n) is 2.79. The number of imidazole rings is 1. The summed E-state index contributed by atoms with van der Waals surface area (Å²) in [5, 5.41) is 6.58. The molecule has 3 aromatic heterocycles. The van der Waals surface area contributed by atoms with E-state index in [4.69, 9.17) is 4.98 Å². The second kappa shape index (κ2) is 5.82. The third-order valence-electron chi connectivity index (χ3n) is 4.07. The maximum Gasteiger partial charge on any atom is 0.251 e. The van der Waals surface area contributed by atoms with Crippen molar-refractivity contribution in [3.05, 3.63) is 36.2 Å². The molecule has 0 saturated heterocycles. The van der Waals surface area contributed by atoms with Gasteiger partial charge >= 0.3 is 0 Å². The van der Waals surface area contributed by atoms with E-state index in [2.05, 4.69) is 20.6 Å². The summed E-state index contributed by atoms with van der Waals surface area (Å²) in [6, 6.07) is 7.40. The molecule has 0 aliphatic heterocycles. The highest BCUT2D eigenvalue weighted by molar-refractivity contribution is 7.21. The Morgan fingerprint density at radius 1 is 1.12 bits per heavy atom. The standard InChI is InChI=1S/C17H16N6OS/c1-18-14-11-13(23(3)8-20-11)12-17(22-14)25-16(21-12)10-6-4-9(5-7-10)15(24)19-2/h4-8H,1-3H3,(H,18,22)(H,19,24). The average Bonchev–Trinajstić information content (AvgIpc) is 3.24. The van der Waals surface area contributed by atoms with Crippen LogP contribution in [0.25, 0.3) is 32.0 Å². The number of nitrogens with one attached hydrogen (secondary N) is 2.